The Hall–Kier alpha value is 0.730. The predicted octanol–water partition coefficient (Wildman–Crippen LogP) is 2.18. The summed E-state index contributed by atoms with van der Waals surface area (Å²) in [6.07, 6.45) is 10.7. The number of rotatable bonds is 12. The van der Waals surface area contributed by atoms with Crippen LogP contribution in [0.25, 0.3) is 0 Å². The highest BCUT2D eigenvalue weighted by atomic mass is 79.9. The Labute approximate surface area is 131 Å². The quantitative estimate of drug-likeness (QED) is 0.221. The van der Waals surface area contributed by atoms with Crippen molar-refractivity contribution in [3.8, 4) is 0 Å². The van der Waals surface area contributed by atoms with E-state index in [1.54, 1.807) is 0 Å². The minimum atomic E-state index is 0. The first-order valence-electron chi connectivity index (χ1n) is 7.65. The molecule has 0 radical (unpaired) electrons. The van der Waals surface area contributed by atoms with E-state index in [4.69, 9.17) is 11.6 Å². The van der Waals surface area contributed by atoms with Crippen LogP contribution in [0, 0.1) is 0 Å². The minimum Gasteiger partial charge on any atom is -1.00 e. The summed E-state index contributed by atoms with van der Waals surface area (Å²) in [6.45, 7) is 10.7. The fourth-order valence-electron chi connectivity index (χ4n) is 2.38. The molecule has 18 heavy (non-hydrogen) atoms. The van der Waals surface area contributed by atoms with Crippen molar-refractivity contribution in [3.05, 3.63) is 0 Å². The largest absolute Gasteiger partial charge is 1.00 e. The van der Waals surface area contributed by atoms with Crippen LogP contribution in [0.4, 0.5) is 0 Å². The molecule has 0 heterocycles. The zero-order valence-corrected chi connectivity index (χ0v) is 15.0. The van der Waals surface area contributed by atoms with Crippen molar-refractivity contribution in [2.24, 2.45) is 0 Å². The van der Waals surface area contributed by atoms with Crippen molar-refractivity contribution in [2.75, 3.05) is 25.6 Å². The van der Waals surface area contributed by atoms with Gasteiger partial charge in [-0.15, -0.1) is 0 Å². The van der Waals surface area contributed by atoms with Gasteiger partial charge in [0, 0.05) is 0 Å². The maximum absolute atomic E-state index is 6.28. The maximum Gasteiger partial charge on any atom is 0.154 e. The number of nitrogens with zero attached hydrogens (tertiary/aromatic N) is 1. The van der Waals surface area contributed by atoms with E-state index in [1.165, 1.54) is 71.0 Å². The molecule has 0 aromatic rings. The first kappa shape index (κ1) is 21.0. The number of hydrogen-bond donors (Lipinski definition) is 0. The zero-order chi connectivity index (χ0) is 13.0. The van der Waals surface area contributed by atoms with Crippen molar-refractivity contribution < 1.29 is 21.5 Å². The van der Waals surface area contributed by atoms with Gasteiger partial charge in [-0.1, -0.05) is 58.1 Å². The summed E-state index contributed by atoms with van der Waals surface area (Å²) in [5, 5.41) is 0. The molecular formula is C15H33BrClN. The van der Waals surface area contributed by atoms with Crippen LogP contribution in [-0.2, 0) is 0 Å². The summed E-state index contributed by atoms with van der Waals surface area (Å²) in [6, 6.07) is 0.812. The van der Waals surface area contributed by atoms with Crippen LogP contribution >= 0.6 is 11.6 Å². The highest BCUT2D eigenvalue weighted by Crippen LogP contribution is 2.16. The third kappa shape index (κ3) is 9.63. The second-order valence-corrected chi connectivity index (χ2v) is 5.64. The lowest BCUT2D eigenvalue weighted by Crippen LogP contribution is -3.00. The lowest BCUT2D eigenvalue weighted by molar-refractivity contribution is -0.918. The fourth-order valence-corrected chi connectivity index (χ4v) is 2.73. The van der Waals surface area contributed by atoms with E-state index in [1.807, 2.05) is 0 Å². The molecule has 0 N–H and O–H groups in total. The highest BCUT2D eigenvalue weighted by Gasteiger charge is 2.24. The Morgan fingerprint density at radius 3 is 1.50 bits per heavy atom. The molecule has 0 atom stereocenters. The van der Waals surface area contributed by atoms with Gasteiger partial charge in [-0.3, -0.25) is 0 Å². The average molecular weight is 343 g/mol. The standard InChI is InChI=1S/C15H33ClN.BrH/c1-4-7-10-11-14-17(15-16,12-8-5-2)13-9-6-3;/h4-15H2,1-3H3;1H/q+1;/p-1. The molecule has 0 saturated heterocycles. The van der Waals surface area contributed by atoms with E-state index in [2.05, 4.69) is 20.8 Å². The number of quaternary nitrogens is 1. The van der Waals surface area contributed by atoms with Crippen LogP contribution in [-0.4, -0.2) is 30.1 Å². The number of alkyl halides is 1. The summed E-state index contributed by atoms with van der Waals surface area (Å²) in [5.74, 6) is 0. The van der Waals surface area contributed by atoms with Crippen LogP contribution < -0.4 is 17.0 Å². The Morgan fingerprint density at radius 1 is 0.667 bits per heavy atom. The minimum absolute atomic E-state index is 0. The molecule has 0 bridgehead atoms. The monoisotopic (exact) mass is 341 g/mol. The topological polar surface area (TPSA) is 0 Å². The van der Waals surface area contributed by atoms with E-state index < -0.39 is 0 Å². The van der Waals surface area contributed by atoms with Gasteiger partial charge in [0.15, 0.2) is 6.00 Å². The second-order valence-electron chi connectivity index (χ2n) is 5.40. The van der Waals surface area contributed by atoms with Gasteiger partial charge in [0.2, 0.25) is 0 Å². The molecule has 0 aliphatic rings. The highest BCUT2D eigenvalue weighted by molar-refractivity contribution is 6.16. The number of halogens is 2. The van der Waals surface area contributed by atoms with E-state index >= 15 is 0 Å². The smallest absolute Gasteiger partial charge is 0.154 e. The molecule has 0 unspecified atom stereocenters. The normalized spacial score (nSPS) is 11.3. The third-order valence-electron chi connectivity index (χ3n) is 3.71. The molecule has 0 fully saturated rings. The molecule has 0 aromatic carbocycles. The van der Waals surface area contributed by atoms with E-state index in [0.29, 0.717) is 0 Å². The van der Waals surface area contributed by atoms with Gasteiger partial charge in [-0.25, -0.2) is 0 Å². The number of unbranched alkanes of at least 4 members (excludes halogenated alkanes) is 5. The molecule has 0 spiro atoms. The van der Waals surface area contributed by atoms with Crippen LogP contribution in [0.5, 0.6) is 0 Å². The summed E-state index contributed by atoms with van der Waals surface area (Å²) in [7, 11) is 0. The third-order valence-corrected chi connectivity index (χ3v) is 4.22. The molecule has 0 amide bonds. The zero-order valence-electron chi connectivity index (χ0n) is 12.7. The van der Waals surface area contributed by atoms with Crippen molar-refractivity contribution >= 4 is 11.6 Å². The van der Waals surface area contributed by atoms with Gasteiger partial charge >= 0.3 is 0 Å². The SMILES string of the molecule is CCCCCC[N+](CCl)(CCCC)CCCC.[Br-]. The Morgan fingerprint density at radius 2 is 1.11 bits per heavy atom. The van der Waals surface area contributed by atoms with Gasteiger partial charge < -0.3 is 21.5 Å². The van der Waals surface area contributed by atoms with Crippen LogP contribution in [0.2, 0.25) is 0 Å². The summed E-state index contributed by atoms with van der Waals surface area (Å²) < 4.78 is 1.16. The van der Waals surface area contributed by atoms with Gasteiger partial charge in [0.05, 0.1) is 19.6 Å². The lowest BCUT2D eigenvalue weighted by Gasteiger charge is -2.37. The van der Waals surface area contributed by atoms with Gasteiger partial charge in [-0.2, -0.15) is 0 Å². The van der Waals surface area contributed by atoms with Crippen LogP contribution in [0.1, 0.15) is 72.1 Å². The molecule has 0 rings (SSSR count). The number of hydrogen-bond acceptors (Lipinski definition) is 0. The van der Waals surface area contributed by atoms with Gasteiger partial charge in [0.25, 0.3) is 0 Å². The average Bonchev–Trinajstić information content (AvgIpc) is 2.37. The van der Waals surface area contributed by atoms with E-state index in [9.17, 15) is 0 Å². The van der Waals surface area contributed by atoms with E-state index in [-0.39, 0.29) is 17.0 Å². The molecule has 0 aromatic heterocycles. The molecule has 0 aliphatic carbocycles. The second kappa shape index (κ2) is 14.1. The van der Waals surface area contributed by atoms with Crippen LogP contribution in [0.15, 0.2) is 0 Å². The van der Waals surface area contributed by atoms with E-state index in [0.717, 1.165) is 10.5 Å². The maximum atomic E-state index is 6.28. The Bertz CT molecular complexity index is 157. The Kier molecular flexibility index (Phi) is 16.5. The molecule has 0 aliphatic heterocycles. The fraction of sp³-hybridized carbons (Fsp3) is 1.00. The van der Waals surface area contributed by atoms with Gasteiger partial charge in [0.1, 0.15) is 0 Å². The molecule has 112 valence electrons. The van der Waals surface area contributed by atoms with Crippen LogP contribution in [0.3, 0.4) is 0 Å². The van der Waals surface area contributed by atoms with Gasteiger partial charge in [-0.05, 0) is 25.7 Å². The lowest BCUT2D eigenvalue weighted by atomic mass is 10.1. The predicted molar refractivity (Wildman–Crippen MR) is 79.5 cm³/mol. The first-order chi connectivity index (χ1) is 8.24. The summed E-state index contributed by atoms with van der Waals surface area (Å²) in [5.41, 5.74) is 0. The summed E-state index contributed by atoms with van der Waals surface area (Å²) >= 11 is 6.28. The molecule has 0 saturated carbocycles. The summed E-state index contributed by atoms with van der Waals surface area (Å²) in [4.78, 5) is 0. The van der Waals surface area contributed by atoms with Crippen molar-refractivity contribution in [1.82, 2.24) is 0 Å². The molecule has 3 heteroatoms. The van der Waals surface area contributed by atoms with Crippen molar-refractivity contribution in [3.63, 3.8) is 0 Å². The Balaban J connectivity index is 0. The molecule has 1 nitrogen and oxygen atoms in total. The first-order valence-corrected chi connectivity index (χ1v) is 8.19. The van der Waals surface area contributed by atoms with Crippen molar-refractivity contribution in [2.45, 2.75) is 72.1 Å². The van der Waals surface area contributed by atoms with Crippen molar-refractivity contribution in [1.29, 1.82) is 0 Å². The molecular weight excluding hydrogens is 310 g/mol.